The number of anilines is 1. The number of rotatable bonds is 2. The van der Waals surface area contributed by atoms with Crippen LogP contribution < -0.4 is 5.32 Å². The summed E-state index contributed by atoms with van der Waals surface area (Å²) in [6.45, 7) is 0. The minimum absolute atomic E-state index is 0.00602. The van der Waals surface area contributed by atoms with E-state index in [0.717, 1.165) is 5.56 Å². The maximum Gasteiger partial charge on any atom is 0.396 e. The first-order valence-electron chi connectivity index (χ1n) is 8.31. The number of hydrogen-bond donors (Lipinski definition) is 2. The Kier molecular flexibility index (Phi) is 3.75. The summed E-state index contributed by atoms with van der Waals surface area (Å²) in [6.07, 6.45) is -3.73. The fourth-order valence-corrected chi connectivity index (χ4v) is 3.86. The Hall–Kier alpha value is -2.82. The molecule has 1 saturated carbocycles. The van der Waals surface area contributed by atoms with Gasteiger partial charge in [-0.2, -0.15) is 23.5 Å². The van der Waals surface area contributed by atoms with Crippen LogP contribution in [0.25, 0.3) is 0 Å². The molecule has 1 atom stereocenters. The van der Waals surface area contributed by atoms with Gasteiger partial charge in [0.05, 0.1) is 17.6 Å². The Morgan fingerprint density at radius 3 is 2.69 bits per heavy atom. The van der Waals surface area contributed by atoms with Crippen LogP contribution in [0, 0.1) is 11.3 Å². The number of hydrogen-bond acceptors (Lipinski definition) is 3. The van der Waals surface area contributed by atoms with Crippen molar-refractivity contribution in [1.29, 1.82) is 5.26 Å². The minimum atomic E-state index is -4.49. The molecule has 2 aromatic rings. The molecule has 2 aliphatic rings. The third-order valence-corrected chi connectivity index (χ3v) is 5.26. The monoisotopic (exact) mass is 360 g/mol. The van der Waals surface area contributed by atoms with Gasteiger partial charge in [0, 0.05) is 23.6 Å². The van der Waals surface area contributed by atoms with Crippen LogP contribution in [0.3, 0.4) is 0 Å². The summed E-state index contributed by atoms with van der Waals surface area (Å²) >= 11 is 0. The minimum Gasteiger partial charge on any atom is -0.309 e. The lowest BCUT2D eigenvalue weighted by molar-refractivity contribution is -0.157. The maximum atomic E-state index is 13.4. The number of fused-ring (bicyclic) bond motifs is 1. The Morgan fingerprint density at radius 1 is 1.23 bits per heavy atom. The molecule has 0 spiro atoms. The third-order valence-electron chi connectivity index (χ3n) is 5.26. The van der Waals surface area contributed by atoms with Gasteiger partial charge in [-0.05, 0) is 36.5 Å². The van der Waals surface area contributed by atoms with Crippen molar-refractivity contribution < 1.29 is 18.0 Å². The lowest BCUT2D eigenvalue weighted by atomic mass is 9.68. The van der Waals surface area contributed by atoms with Crippen LogP contribution in [-0.4, -0.2) is 22.3 Å². The largest absolute Gasteiger partial charge is 0.396 e. The zero-order valence-electron chi connectivity index (χ0n) is 13.6. The Morgan fingerprint density at radius 2 is 2.00 bits per heavy atom. The fourth-order valence-electron chi connectivity index (χ4n) is 3.86. The van der Waals surface area contributed by atoms with Crippen molar-refractivity contribution in [3.63, 3.8) is 0 Å². The summed E-state index contributed by atoms with van der Waals surface area (Å²) < 4.78 is 40.2. The number of H-pyrrole nitrogens is 1. The van der Waals surface area contributed by atoms with Gasteiger partial charge in [0.2, 0.25) is 5.91 Å². The molecule has 5 nitrogen and oxygen atoms in total. The number of carbonyl (C=O) groups is 1. The number of amides is 1. The van der Waals surface area contributed by atoms with Crippen molar-refractivity contribution in [2.75, 3.05) is 5.32 Å². The number of nitrogens with one attached hydrogen (secondary N) is 2. The van der Waals surface area contributed by atoms with Crippen molar-refractivity contribution in [3.05, 3.63) is 46.6 Å². The molecule has 134 valence electrons. The van der Waals surface area contributed by atoms with E-state index in [1.165, 1.54) is 0 Å². The molecule has 0 bridgehead atoms. The van der Waals surface area contributed by atoms with Crippen molar-refractivity contribution in [2.45, 2.75) is 43.2 Å². The van der Waals surface area contributed by atoms with E-state index in [1.807, 2.05) is 18.2 Å². The second-order valence-electron chi connectivity index (χ2n) is 6.85. The van der Waals surface area contributed by atoms with Gasteiger partial charge in [0.25, 0.3) is 0 Å². The van der Waals surface area contributed by atoms with E-state index in [9.17, 15) is 18.0 Å². The SMILES string of the molecule is N#Cc1cccc(C2CC(c3[nH]nc4c3C(C(F)(F)F)CC(=O)N4)C2)c1. The Bertz CT molecular complexity index is 906. The molecule has 2 N–H and O–H groups in total. The van der Waals surface area contributed by atoms with Gasteiger partial charge in [-0.3, -0.25) is 9.89 Å². The summed E-state index contributed by atoms with van der Waals surface area (Å²) in [7, 11) is 0. The van der Waals surface area contributed by atoms with E-state index in [-0.39, 0.29) is 23.2 Å². The number of nitrogens with zero attached hydrogens (tertiary/aromatic N) is 2. The molecule has 1 unspecified atom stereocenters. The van der Waals surface area contributed by atoms with Gasteiger partial charge in [-0.15, -0.1) is 0 Å². The normalized spacial score (nSPS) is 25.0. The molecule has 2 heterocycles. The zero-order valence-corrected chi connectivity index (χ0v) is 13.6. The van der Waals surface area contributed by atoms with Crippen LogP contribution in [0.5, 0.6) is 0 Å². The molecule has 1 aliphatic heterocycles. The van der Waals surface area contributed by atoms with Gasteiger partial charge in [0.15, 0.2) is 5.82 Å². The summed E-state index contributed by atoms with van der Waals surface area (Å²) in [6, 6.07) is 9.39. The van der Waals surface area contributed by atoms with Crippen LogP contribution >= 0.6 is 0 Å². The number of alkyl halides is 3. The molecule has 1 aromatic carbocycles. The van der Waals surface area contributed by atoms with Crippen molar-refractivity contribution in [2.24, 2.45) is 0 Å². The van der Waals surface area contributed by atoms with E-state index in [4.69, 9.17) is 5.26 Å². The van der Waals surface area contributed by atoms with Crippen LogP contribution in [0.1, 0.15) is 59.4 Å². The molecule has 0 saturated heterocycles. The average Bonchev–Trinajstić information content (AvgIpc) is 2.95. The second-order valence-corrected chi connectivity index (χ2v) is 6.85. The molecule has 0 radical (unpaired) electrons. The Balaban J connectivity index is 1.58. The van der Waals surface area contributed by atoms with Crippen LogP contribution in [-0.2, 0) is 4.79 Å². The summed E-state index contributed by atoms with van der Waals surface area (Å²) in [5.74, 6) is -2.36. The van der Waals surface area contributed by atoms with E-state index < -0.39 is 24.4 Å². The molecule has 1 aliphatic carbocycles. The van der Waals surface area contributed by atoms with Gasteiger partial charge in [-0.1, -0.05) is 12.1 Å². The summed E-state index contributed by atoms with van der Waals surface area (Å²) in [5, 5.41) is 18.0. The van der Waals surface area contributed by atoms with E-state index in [2.05, 4.69) is 21.6 Å². The van der Waals surface area contributed by atoms with Crippen LogP contribution in [0.4, 0.5) is 19.0 Å². The van der Waals surface area contributed by atoms with Crippen molar-refractivity contribution in [3.8, 4) is 6.07 Å². The number of halogens is 3. The fraction of sp³-hybridized carbons (Fsp3) is 0.389. The van der Waals surface area contributed by atoms with Crippen LogP contribution in [0.2, 0.25) is 0 Å². The van der Waals surface area contributed by atoms with Gasteiger partial charge < -0.3 is 5.32 Å². The first-order chi connectivity index (χ1) is 12.4. The van der Waals surface area contributed by atoms with E-state index >= 15 is 0 Å². The number of nitriles is 1. The molecule has 1 amide bonds. The number of carbonyl (C=O) groups excluding carboxylic acids is 1. The molecule has 1 fully saturated rings. The summed E-state index contributed by atoms with van der Waals surface area (Å²) in [4.78, 5) is 11.6. The van der Waals surface area contributed by atoms with Gasteiger partial charge in [0.1, 0.15) is 0 Å². The Labute approximate surface area is 147 Å². The number of benzene rings is 1. The zero-order chi connectivity index (χ0) is 18.5. The first kappa shape index (κ1) is 16.6. The highest BCUT2D eigenvalue weighted by Crippen LogP contribution is 2.52. The van der Waals surface area contributed by atoms with Crippen molar-refractivity contribution in [1.82, 2.24) is 10.2 Å². The smallest absolute Gasteiger partial charge is 0.309 e. The number of aromatic nitrogens is 2. The first-order valence-corrected chi connectivity index (χ1v) is 8.31. The number of aromatic amines is 1. The maximum absolute atomic E-state index is 13.4. The third kappa shape index (κ3) is 2.73. The highest BCUT2D eigenvalue weighted by molar-refractivity contribution is 5.94. The average molecular weight is 360 g/mol. The van der Waals surface area contributed by atoms with E-state index in [1.54, 1.807) is 6.07 Å². The standard InChI is InChI=1S/C18H15F3N4O/c19-18(20,21)13-7-14(26)23-17-15(13)16(24-25-17)12-5-11(6-12)10-3-1-2-9(4-10)8-22/h1-4,11-13H,5-7H2,(H2,23,24,25,26). The molecule has 1 aromatic heterocycles. The highest BCUT2D eigenvalue weighted by atomic mass is 19.4. The second kappa shape index (κ2) is 5.87. The van der Waals surface area contributed by atoms with Crippen molar-refractivity contribution >= 4 is 11.7 Å². The lowest BCUT2D eigenvalue weighted by Crippen LogP contribution is -2.32. The van der Waals surface area contributed by atoms with E-state index in [0.29, 0.717) is 24.1 Å². The van der Waals surface area contributed by atoms with Crippen LogP contribution in [0.15, 0.2) is 24.3 Å². The molecular formula is C18H15F3N4O. The highest BCUT2D eigenvalue weighted by Gasteiger charge is 2.49. The topological polar surface area (TPSA) is 81.6 Å². The predicted octanol–water partition coefficient (Wildman–Crippen LogP) is 3.93. The predicted molar refractivity (Wildman–Crippen MR) is 86.5 cm³/mol. The molecule has 8 heteroatoms. The quantitative estimate of drug-likeness (QED) is 0.851. The lowest BCUT2D eigenvalue weighted by Gasteiger charge is -2.37. The molecule has 26 heavy (non-hydrogen) atoms. The van der Waals surface area contributed by atoms with Gasteiger partial charge in [-0.25, -0.2) is 0 Å². The molecular weight excluding hydrogens is 345 g/mol. The summed E-state index contributed by atoms with van der Waals surface area (Å²) in [5.41, 5.74) is 2.14. The van der Waals surface area contributed by atoms with Gasteiger partial charge >= 0.3 is 6.18 Å². The molecule has 4 rings (SSSR count).